The standard InChI is InChI=1S/C22H24O2/c1-13-10-11-17(14(2)12-13)20-15(3)16(4)22(24-6)18-8-7-9-19(23-5)21(18)20/h7-12H,1-6H3. The molecule has 124 valence electrons. The molecular weight excluding hydrogens is 296 g/mol. The fourth-order valence-corrected chi connectivity index (χ4v) is 3.59. The number of benzene rings is 3. The molecule has 0 fully saturated rings. The van der Waals surface area contributed by atoms with Crippen LogP contribution in [0.3, 0.4) is 0 Å². The van der Waals surface area contributed by atoms with Gasteiger partial charge in [0, 0.05) is 10.8 Å². The summed E-state index contributed by atoms with van der Waals surface area (Å²) < 4.78 is 11.4. The van der Waals surface area contributed by atoms with E-state index in [0.717, 1.165) is 22.3 Å². The number of aryl methyl sites for hydroxylation is 2. The van der Waals surface area contributed by atoms with Crippen LogP contribution in [-0.4, -0.2) is 14.2 Å². The first-order valence-corrected chi connectivity index (χ1v) is 8.21. The summed E-state index contributed by atoms with van der Waals surface area (Å²) in [5.41, 5.74) is 7.44. The highest BCUT2D eigenvalue weighted by molar-refractivity contribution is 6.06. The van der Waals surface area contributed by atoms with Crippen molar-refractivity contribution in [2.24, 2.45) is 0 Å². The van der Waals surface area contributed by atoms with Gasteiger partial charge in [-0.05, 0) is 61.6 Å². The summed E-state index contributed by atoms with van der Waals surface area (Å²) >= 11 is 0. The molecule has 0 atom stereocenters. The Labute approximate surface area is 144 Å². The van der Waals surface area contributed by atoms with E-state index in [1.54, 1.807) is 14.2 Å². The van der Waals surface area contributed by atoms with Gasteiger partial charge in [-0.15, -0.1) is 0 Å². The Morgan fingerprint density at radius 2 is 1.54 bits per heavy atom. The van der Waals surface area contributed by atoms with Crippen molar-refractivity contribution in [1.82, 2.24) is 0 Å². The second-order valence-electron chi connectivity index (χ2n) is 6.36. The Morgan fingerprint density at radius 3 is 2.17 bits per heavy atom. The monoisotopic (exact) mass is 320 g/mol. The molecule has 2 heteroatoms. The first-order chi connectivity index (χ1) is 11.5. The molecule has 3 aromatic carbocycles. The first kappa shape index (κ1) is 16.4. The van der Waals surface area contributed by atoms with Crippen molar-refractivity contribution in [3.63, 3.8) is 0 Å². The number of rotatable bonds is 3. The van der Waals surface area contributed by atoms with Crippen LogP contribution in [-0.2, 0) is 0 Å². The number of ether oxygens (including phenoxy) is 2. The van der Waals surface area contributed by atoms with E-state index in [-0.39, 0.29) is 0 Å². The molecule has 0 aliphatic carbocycles. The molecule has 0 spiro atoms. The van der Waals surface area contributed by atoms with Crippen LogP contribution in [0.1, 0.15) is 22.3 Å². The summed E-state index contributed by atoms with van der Waals surface area (Å²) in [5, 5.41) is 2.21. The van der Waals surface area contributed by atoms with Crippen LogP contribution in [0.2, 0.25) is 0 Å². The van der Waals surface area contributed by atoms with Gasteiger partial charge in [-0.25, -0.2) is 0 Å². The third-order valence-corrected chi connectivity index (χ3v) is 4.87. The molecule has 0 saturated carbocycles. The Hall–Kier alpha value is -2.48. The minimum atomic E-state index is 0.879. The summed E-state index contributed by atoms with van der Waals surface area (Å²) in [6.07, 6.45) is 0. The van der Waals surface area contributed by atoms with E-state index in [0.29, 0.717) is 0 Å². The Kier molecular flexibility index (Phi) is 4.23. The smallest absolute Gasteiger partial charge is 0.130 e. The van der Waals surface area contributed by atoms with Gasteiger partial charge in [-0.1, -0.05) is 35.9 Å². The zero-order chi connectivity index (χ0) is 17.4. The lowest BCUT2D eigenvalue weighted by Gasteiger charge is -2.21. The van der Waals surface area contributed by atoms with Crippen molar-refractivity contribution in [3.05, 3.63) is 58.7 Å². The minimum Gasteiger partial charge on any atom is -0.496 e. The van der Waals surface area contributed by atoms with Crippen LogP contribution in [0.4, 0.5) is 0 Å². The van der Waals surface area contributed by atoms with Crippen molar-refractivity contribution in [2.45, 2.75) is 27.7 Å². The topological polar surface area (TPSA) is 18.5 Å². The molecule has 0 amide bonds. The Morgan fingerprint density at radius 1 is 0.792 bits per heavy atom. The van der Waals surface area contributed by atoms with Crippen molar-refractivity contribution >= 4 is 10.8 Å². The third-order valence-electron chi connectivity index (χ3n) is 4.87. The average molecular weight is 320 g/mol. The molecule has 2 nitrogen and oxygen atoms in total. The number of hydrogen-bond acceptors (Lipinski definition) is 2. The third kappa shape index (κ3) is 2.43. The van der Waals surface area contributed by atoms with E-state index in [1.165, 1.54) is 33.4 Å². The van der Waals surface area contributed by atoms with Crippen LogP contribution in [0.5, 0.6) is 11.5 Å². The lowest BCUT2D eigenvalue weighted by atomic mass is 9.87. The molecule has 0 aliphatic rings. The molecule has 0 aliphatic heterocycles. The summed E-state index contributed by atoms with van der Waals surface area (Å²) in [7, 11) is 3.46. The predicted octanol–water partition coefficient (Wildman–Crippen LogP) is 5.76. The van der Waals surface area contributed by atoms with E-state index >= 15 is 0 Å². The van der Waals surface area contributed by atoms with Gasteiger partial charge in [0.1, 0.15) is 11.5 Å². The maximum Gasteiger partial charge on any atom is 0.130 e. The maximum absolute atomic E-state index is 5.72. The fourth-order valence-electron chi connectivity index (χ4n) is 3.59. The summed E-state index contributed by atoms with van der Waals surface area (Å²) in [6.45, 7) is 8.59. The lowest BCUT2D eigenvalue weighted by molar-refractivity contribution is 0.413. The van der Waals surface area contributed by atoms with E-state index in [4.69, 9.17) is 9.47 Å². The van der Waals surface area contributed by atoms with E-state index in [2.05, 4.69) is 52.0 Å². The molecule has 0 N–H and O–H groups in total. The van der Waals surface area contributed by atoms with Crippen LogP contribution < -0.4 is 9.47 Å². The zero-order valence-electron chi connectivity index (χ0n) is 15.3. The number of fused-ring (bicyclic) bond motifs is 1. The van der Waals surface area contributed by atoms with Gasteiger partial charge in [0.05, 0.1) is 14.2 Å². The van der Waals surface area contributed by atoms with Crippen molar-refractivity contribution < 1.29 is 9.47 Å². The van der Waals surface area contributed by atoms with Crippen molar-refractivity contribution in [2.75, 3.05) is 14.2 Å². The Bertz CT molecular complexity index is 923. The average Bonchev–Trinajstić information content (AvgIpc) is 2.57. The van der Waals surface area contributed by atoms with Crippen LogP contribution >= 0.6 is 0 Å². The van der Waals surface area contributed by atoms with E-state index in [1.807, 2.05) is 12.1 Å². The largest absolute Gasteiger partial charge is 0.496 e. The molecule has 0 saturated heterocycles. The summed E-state index contributed by atoms with van der Waals surface area (Å²) in [4.78, 5) is 0. The van der Waals surface area contributed by atoms with Gasteiger partial charge in [-0.3, -0.25) is 0 Å². The van der Waals surface area contributed by atoms with E-state index < -0.39 is 0 Å². The highest BCUT2D eigenvalue weighted by Crippen LogP contribution is 2.45. The quantitative estimate of drug-likeness (QED) is 0.611. The highest BCUT2D eigenvalue weighted by Gasteiger charge is 2.20. The van der Waals surface area contributed by atoms with Crippen LogP contribution in [0.25, 0.3) is 21.9 Å². The fraction of sp³-hybridized carbons (Fsp3) is 0.273. The van der Waals surface area contributed by atoms with Crippen LogP contribution in [0, 0.1) is 27.7 Å². The molecule has 24 heavy (non-hydrogen) atoms. The van der Waals surface area contributed by atoms with Gasteiger partial charge >= 0.3 is 0 Å². The maximum atomic E-state index is 5.72. The normalized spacial score (nSPS) is 10.9. The first-order valence-electron chi connectivity index (χ1n) is 8.21. The van der Waals surface area contributed by atoms with Gasteiger partial charge < -0.3 is 9.47 Å². The van der Waals surface area contributed by atoms with Gasteiger partial charge in [0.2, 0.25) is 0 Å². The Balaban J connectivity index is 2.53. The zero-order valence-corrected chi connectivity index (χ0v) is 15.3. The highest BCUT2D eigenvalue weighted by atomic mass is 16.5. The number of methoxy groups -OCH3 is 2. The molecule has 3 aromatic rings. The minimum absolute atomic E-state index is 0.879. The molecule has 0 bridgehead atoms. The van der Waals surface area contributed by atoms with Crippen LogP contribution in [0.15, 0.2) is 36.4 Å². The predicted molar refractivity (Wildman–Crippen MR) is 101 cm³/mol. The van der Waals surface area contributed by atoms with Gasteiger partial charge in [0.25, 0.3) is 0 Å². The second-order valence-corrected chi connectivity index (χ2v) is 6.36. The van der Waals surface area contributed by atoms with Crippen molar-refractivity contribution in [3.8, 4) is 22.6 Å². The second kappa shape index (κ2) is 6.20. The molecular formula is C22H24O2. The summed E-state index contributed by atoms with van der Waals surface area (Å²) in [5.74, 6) is 1.80. The van der Waals surface area contributed by atoms with Gasteiger partial charge in [-0.2, -0.15) is 0 Å². The van der Waals surface area contributed by atoms with Gasteiger partial charge in [0.15, 0.2) is 0 Å². The summed E-state index contributed by atoms with van der Waals surface area (Å²) in [6, 6.07) is 12.8. The SMILES string of the molecule is COc1c(C)c(C)c(-c2ccc(C)cc2C)c2c(OC)cccc12. The lowest BCUT2D eigenvalue weighted by Crippen LogP contribution is -1.99. The molecule has 0 aromatic heterocycles. The molecule has 3 rings (SSSR count). The van der Waals surface area contributed by atoms with Crippen molar-refractivity contribution in [1.29, 1.82) is 0 Å². The molecule has 0 radical (unpaired) electrons. The molecule has 0 unspecified atom stereocenters. The number of hydrogen-bond donors (Lipinski definition) is 0. The van der Waals surface area contributed by atoms with E-state index in [9.17, 15) is 0 Å². The molecule has 0 heterocycles.